The second kappa shape index (κ2) is 9.84. The molecular formula is C24H16ClFN2O4S2. The van der Waals surface area contributed by atoms with Gasteiger partial charge in [0.25, 0.3) is 11.8 Å². The molecule has 2 amide bonds. The molecule has 0 aromatic heterocycles. The zero-order chi connectivity index (χ0) is 24.4. The minimum absolute atomic E-state index is 0.156. The van der Waals surface area contributed by atoms with Crippen molar-refractivity contribution in [1.29, 1.82) is 0 Å². The number of hydrogen-bond donors (Lipinski definition) is 2. The first kappa shape index (κ1) is 23.7. The third-order valence-corrected chi connectivity index (χ3v) is 6.36. The minimum Gasteiger partial charge on any atom is -0.504 e. The van der Waals surface area contributed by atoms with Crippen molar-refractivity contribution in [3.05, 3.63) is 87.5 Å². The van der Waals surface area contributed by atoms with Crippen LogP contribution in [0.2, 0.25) is 5.02 Å². The Morgan fingerprint density at radius 1 is 1.21 bits per heavy atom. The average molecular weight is 515 g/mol. The molecule has 2 N–H and O–H groups in total. The standard InChI is InChI=1S/C24H16ClFN2O4S2/c1-32-19-12-15(25)9-14(21(19)29)11-20-23(31)28(24(33)34-20)18-4-2-3-13(10-18)22(30)27-17-7-5-16(26)6-8-17/h2-12,29H,1H3,(H,27,30)/b20-11+. The number of thiocarbonyl (C=S) groups is 1. The molecule has 4 rings (SSSR count). The molecule has 0 unspecified atom stereocenters. The molecule has 3 aromatic carbocycles. The van der Waals surface area contributed by atoms with Gasteiger partial charge in [-0.25, -0.2) is 4.39 Å². The van der Waals surface area contributed by atoms with Crippen LogP contribution in [0.25, 0.3) is 6.08 Å². The molecule has 1 heterocycles. The van der Waals surface area contributed by atoms with Crippen molar-refractivity contribution >= 4 is 69.2 Å². The molecule has 34 heavy (non-hydrogen) atoms. The fourth-order valence-electron chi connectivity index (χ4n) is 3.21. The normalized spacial score (nSPS) is 14.6. The number of carbonyl (C=O) groups is 2. The summed E-state index contributed by atoms with van der Waals surface area (Å²) < 4.78 is 18.5. The second-order valence-electron chi connectivity index (χ2n) is 7.07. The summed E-state index contributed by atoms with van der Waals surface area (Å²) in [5.41, 5.74) is 1.43. The lowest BCUT2D eigenvalue weighted by Crippen LogP contribution is -2.27. The highest BCUT2D eigenvalue weighted by atomic mass is 35.5. The Morgan fingerprint density at radius 3 is 2.65 bits per heavy atom. The molecule has 1 fully saturated rings. The molecule has 3 aromatic rings. The molecule has 0 saturated carbocycles. The number of nitrogens with zero attached hydrogens (tertiary/aromatic N) is 1. The Labute approximate surface area is 209 Å². The number of halogens is 2. The molecule has 0 atom stereocenters. The van der Waals surface area contributed by atoms with Crippen LogP contribution in [0.5, 0.6) is 11.5 Å². The van der Waals surface area contributed by atoms with Crippen LogP contribution in [0.4, 0.5) is 15.8 Å². The molecular weight excluding hydrogens is 499 g/mol. The van der Waals surface area contributed by atoms with Gasteiger partial charge in [-0.15, -0.1) is 0 Å². The maximum atomic E-state index is 13.1. The van der Waals surface area contributed by atoms with Crippen LogP contribution in [0.3, 0.4) is 0 Å². The number of carbonyl (C=O) groups excluding carboxylic acids is 2. The number of phenols is 1. The van der Waals surface area contributed by atoms with Crippen LogP contribution in [-0.2, 0) is 4.79 Å². The van der Waals surface area contributed by atoms with Gasteiger partial charge in [0.15, 0.2) is 15.8 Å². The van der Waals surface area contributed by atoms with Gasteiger partial charge in [0.2, 0.25) is 0 Å². The second-order valence-corrected chi connectivity index (χ2v) is 9.19. The average Bonchev–Trinajstić information content (AvgIpc) is 3.10. The summed E-state index contributed by atoms with van der Waals surface area (Å²) in [6.45, 7) is 0. The molecule has 0 aliphatic carbocycles. The predicted molar refractivity (Wildman–Crippen MR) is 136 cm³/mol. The van der Waals surface area contributed by atoms with Gasteiger partial charge < -0.3 is 15.2 Å². The first-order valence-electron chi connectivity index (χ1n) is 9.78. The first-order valence-corrected chi connectivity index (χ1v) is 11.4. The number of benzene rings is 3. The zero-order valence-corrected chi connectivity index (χ0v) is 19.9. The zero-order valence-electron chi connectivity index (χ0n) is 17.5. The van der Waals surface area contributed by atoms with Crippen LogP contribution in [0.1, 0.15) is 15.9 Å². The van der Waals surface area contributed by atoms with Crippen molar-refractivity contribution in [1.82, 2.24) is 0 Å². The van der Waals surface area contributed by atoms with Crippen LogP contribution in [0.15, 0.2) is 65.6 Å². The van der Waals surface area contributed by atoms with E-state index in [0.29, 0.717) is 22.0 Å². The lowest BCUT2D eigenvalue weighted by atomic mass is 10.1. The van der Waals surface area contributed by atoms with Crippen molar-refractivity contribution < 1.29 is 23.8 Å². The van der Waals surface area contributed by atoms with Gasteiger partial charge in [0.05, 0.1) is 17.7 Å². The highest BCUT2D eigenvalue weighted by Crippen LogP contribution is 2.40. The minimum atomic E-state index is -0.426. The molecule has 1 saturated heterocycles. The van der Waals surface area contributed by atoms with Crippen molar-refractivity contribution in [2.24, 2.45) is 0 Å². The van der Waals surface area contributed by atoms with E-state index in [2.05, 4.69) is 5.32 Å². The molecule has 0 spiro atoms. The van der Waals surface area contributed by atoms with E-state index in [-0.39, 0.29) is 26.3 Å². The van der Waals surface area contributed by atoms with E-state index in [1.165, 1.54) is 60.6 Å². The Kier molecular flexibility index (Phi) is 6.87. The summed E-state index contributed by atoms with van der Waals surface area (Å²) in [5.74, 6) is -1.23. The van der Waals surface area contributed by atoms with E-state index in [0.717, 1.165) is 11.8 Å². The molecule has 6 nitrogen and oxygen atoms in total. The Morgan fingerprint density at radius 2 is 1.94 bits per heavy atom. The maximum Gasteiger partial charge on any atom is 0.270 e. The molecule has 0 bridgehead atoms. The molecule has 1 aliphatic heterocycles. The number of phenolic OH excluding ortho intramolecular Hbond substituents is 1. The third kappa shape index (κ3) is 4.91. The van der Waals surface area contributed by atoms with E-state index in [9.17, 15) is 19.1 Å². The van der Waals surface area contributed by atoms with Gasteiger partial charge in [-0.2, -0.15) is 0 Å². The first-order chi connectivity index (χ1) is 16.3. The predicted octanol–water partition coefficient (Wildman–Crippen LogP) is 5.85. The van der Waals surface area contributed by atoms with Crippen LogP contribution in [-0.4, -0.2) is 28.4 Å². The van der Waals surface area contributed by atoms with Gasteiger partial charge in [-0.1, -0.05) is 41.6 Å². The Hall–Kier alpha value is -3.40. The molecule has 0 radical (unpaired) electrons. The van der Waals surface area contributed by atoms with Crippen LogP contribution < -0.4 is 15.0 Å². The Balaban J connectivity index is 1.60. The molecule has 10 heteroatoms. The fourth-order valence-corrected chi connectivity index (χ4v) is 4.72. The van der Waals surface area contributed by atoms with Crippen LogP contribution >= 0.6 is 35.6 Å². The number of rotatable bonds is 5. The van der Waals surface area contributed by atoms with Crippen molar-refractivity contribution in [2.75, 3.05) is 17.3 Å². The third-order valence-electron chi connectivity index (χ3n) is 4.84. The number of thioether (sulfide) groups is 1. The number of nitrogens with one attached hydrogen (secondary N) is 1. The fraction of sp³-hybridized carbons (Fsp3) is 0.0417. The Bertz CT molecular complexity index is 1350. The highest BCUT2D eigenvalue weighted by molar-refractivity contribution is 8.27. The van der Waals surface area contributed by atoms with Gasteiger partial charge in [0.1, 0.15) is 5.82 Å². The van der Waals surface area contributed by atoms with Crippen molar-refractivity contribution in [3.63, 3.8) is 0 Å². The van der Waals surface area contributed by atoms with E-state index in [1.54, 1.807) is 18.2 Å². The van der Waals surface area contributed by atoms with Gasteiger partial charge in [-0.3, -0.25) is 14.5 Å². The van der Waals surface area contributed by atoms with Crippen LogP contribution in [0, 0.1) is 5.82 Å². The lowest BCUT2D eigenvalue weighted by molar-refractivity contribution is -0.113. The van der Waals surface area contributed by atoms with E-state index < -0.39 is 17.6 Å². The van der Waals surface area contributed by atoms with Gasteiger partial charge in [-0.05, 0) is 54.6 Å². The summed E-state index contributed by atoms with van der Waals surface area (Å²) in [4.78, 5) is 27.4. The smallest absolute Gasteiger partial charge is 0.270 e. The molecule has 172 valence electrons. The summed E-state index contributed by atoms with van der Waals surface area (Å²) in [6, 6.07) is 14.8. The summed E-state index contributed by atoms with van der Waals surface area (Å²) in [5, 5.41) is 13.4. The number of ether oxygens (including phenoxy) is 1. The quantitative estimate of drug-likeness (QED) is 0.328. The number of anilines is 2. The SMILES string of the molecule is COc1cc(Cl)cc(/C=C2/SC(=S)N(c3cccc(C(=O)Nc4ccc(F)cc4)c3)C2=O)c1O. The lowest BCUT2D eigenvalue weighted by Gasteiger charge is -2.15. The number of amides is 2. The topological polar surface area (TPSA) is 78.9 Å². The van der Waals surface area contributed by atoms with E-state index >= 15 is 0 Å². The maximum absolute atomic E-state index is 13.1. The van der Waals surface area contributed by atoms with Gasteiger partial charge in [0, 0.05) is 27.9 Å². The number of aromatic hydroxyl groups is 1. The highest BCUT2D eigenvalue weighted by Gasteiger charge is 2.34. The van der Waals surface area contributed by atoms with Crippen molar-refractivity contribution in [3.8, 4) is 11.5 Å². The number of hydrogen-bond acceptors (Lipinski definition) is 6. The largest absolute Gasteiger partial charge is 0.504 e. The van der Waals surface area contributed by atoms with E-state index in [1.807, 2.05) is 0 Å². The van der Waals surface area contributed by atoms with E-state index in [4.69, 9.17) is 28.6 Å². The summed E-state index contributed by atoms with van der Waals surface area (Å²) in [6.07, 6.45) is 1.48. The van der Waals surface area contributed by atoms with Crippen molar-refractivity contribution in [2.45, 2.75) is 0 Å². The summed E-state index contributed by atoms with van der Waals surface area (Å²) in [7, 11) is 1.40. The summed E-state index contributed by atoms with van der Waals surface area (Å²) >= 11 is 12.5. The molecule has 1 aliphatic rings. The number of methoxy groups -OCH3 is 1. The monoisotopic (exact) mass is 514 g/mol. The van der Waals surface area contributed by atoms with Gasteiger partial charge >= 0.3 is 0 Å².